The van der Waals surface area contributed by atoms with Gasteiger partial charge in [-0.2, -0.15) is 0 Å². The van der Waals surface area contributed by atoms with Crippen LogP contribution in [0.5, 0.6) is 5.75 Å². The first-order valence-electron chi connectivity index (χ1n) is 7.09. The molecular formula is C15H23ClN2O. The van der Waals surface area contributed by atoms with Crippen LogP contribution in [-0.2, 0) is 6.54 Å². The van der Waals surface area contributed by atoms with Gasteiger partial charge >= 0.3 is 0 Å². The highest BCUT2D eigenvalue weighted by molar-refractivity contribution is 6.30. The van der Waals surface area contributed by atoms with Crippen molar-refractivity contribution in [3.8, 4) is 5.75 Å². The molecule has 1 heterocycles. The zero-order valence-electron chi connectivity index (χ0n) is 11.5. The number of benzene rings is 1. The maximum Gasteiger partial charge on any atom is 0.120 e. The SMILES string of the molecule is CCN1CCC(CNCc2cc(Cl)ccc2O)CC1. The summed E-state index contributed by atoms with van der Waals surface area (Å²) < 4.78 is 0. The van der Waals surface area contributed by atoms with E-state index in [9.17, 15) is 5.11 Å². The van der Waals surface area contributed by atoms with Gasteiger partial charge in [0.25, 0.3) is 0 Å². The van der Waals surface area contributed by atoms with Gasteiger partial charge in [-0.1, -0.05) is 18.5 Å². The van der Waals surface area contributed by atoms with Crippen molar-refractivity contribution in [1.29, 1.82) is 0 Å². The van der Waals surface area contributed by atoms with Gasteiger partial charge in [-0.05, 0) is 63.1 Å². The Balaban J connectivity index is 1.73. The van der Waals surface area contributed by atoms with Gasteiger partial charge in [0.2, 0.25) is 0 Å². The zero-order chi connectivity index (χ0) is 13.7. The first-order valence-corrected chi connectivity index (χ1v) is 7.47. The summed E-state index contributed by atoms with van der Waals surface area (Å²) in [5.41, 5.74) is 0.874. The lowest BCUT2D eigenvalue weighted by molar-refractivity contribution is 0.190. The van der Waals surface area contributed by atoms with E-state index in [1.165, 1.54) is 25.9 Å². The fourth-order valence-electron chi connectivity index (χ4n) is 2.61. The molecule has 1 aromatic carbocycles. The van der Waals surface area contributed by atoms with Gasteiger partial charge in [0.05, 0.1) is 0 Å². The van der Waals surface area contributed by atoms with E-state index >= 15 is 0 Å². The summed E-state index contributed by atoms with van der Waals surface area (Å²) in [7, 11) is 0. The number of nitrogens with one attached hydrogen (secondary N) is 1. The molecule has 0 bridgehead atoms. The van der Waals surface area contributed by atoms with Crippen LogP contribution in [0.15, 0.2) is 18.2 Å². The average Bonchev–Trinajstić information content (AvgIpc) is 2.43. The Morgan fingerprint density at radius 2 is 2.11 bits per heavy atom. The highest BCUT2D eigenvalue weighted by atomic mass is 35.5. The van der Waals surface area contributed by atoms with Crippen molar-refractivity contribution in [3.63, 3.8) is 0 Å². The lowest BCUT2D eigenvalue weighted by atomic mass is 9.97. The fraction of sp³-hybridized carbons (Fsp3) is 0.600. The van der Waals surface area contributed by atoms with Crippen molar-refractivity contribution in [2.24, 2.45) is 5.92 Å². The fourth-order valence-corrected chi connectivity index (χ4v) is 2.81. The van der Waals surface area contributed by atoms with Crippen LogP contribution in [0.1, 0.15) is 25.3 Å². The Morgan fingerprint density at radius 1 is 1.37 bits per heavy atom. The predicted molar refractivity (Wildman–Crippen MR) is 79.7 cm³/mol. The second-order valence-corrected chi connectivity index (χ2v) is 5.72. The summed E-state index contributed by atoms with van der Waals surface area (Å²) in [4.78, 5) is 2.50. The van der Waals surface area contributed by atoms with Crippen LogP contribution < -0.4 is 5.32 Å². The highest BCUT2D eigenvalue weighted by Crippen LogP contribution is 2.21. The number of rotatable bonds is 5. The number of likely N-dealkylation sites (tertiary alicyclic amines) is 1. The topological polar surface area (TPSA) is 35.5 Å². The van der Waals surface area contributed by atoms with E-state index in [2.05, 4.69) is 17.1 Å². The molecular weight excluding hydrogens is 260 g/mol. The Morgan fingerprint density at radius 3 is 2.79 bits per heavy atom. The van der Waals surface area contributed by atoms with Gasteiger partial charge in [0, 0.05) is 17.1 Å². The number of halogens is 1. The number of phenolic OH excluding ortho intramolecular Hbond substituents is 1. The van der Waals surface area contributed by atoms with E-state index in [0.29, 0.717) is 17.3 Å². The molecule has 19 heavy (non-hydrogen) atoms. The Labute approximate surface area is 120 Å². The largest absolute Gasteiger partial charge is 0.508 e. The van der Waals surface area contributed by atoms with Crippen LogP contribution in [0.2, 0.25) is 5.02 Å². The van der Waals surface area contributed by atoms with E-state index in [-0.39, 0.29) is 0 Å². The number of phenols is 1. The second kappa shape index (κ2) is 7.13. The molecule has 1 aliphatic rings. The highest BCUT2D eigenvalue weighted by Gasteiger charge is 2.17. The molecule has 1 aliphatic heterocycles. The number of nitrogens with zero attached hydrogens (tertiary/aromatic N) is 1. The van der Waals surface area contributed by atoms with Crippen LogP contribution in [0, 0.1) is 5.92 Å². The molecule has 0 amide bonds. The molecule has 4 heteroatoms. The molecule has 3 nitrogen and oxygen atoms in total. The minimum Gasteiger partial charge on any atom is -0.508 e. The third-order valence-electron chi connectivity index (χ3n) is 3.94. The second-order valence-electron chi connectivity index (χ2n) is 5.28. The minimum absolute atomic E-state index is 0.317. The van der Waals surface area contributed by atoms with Crippen LogP contribution >= 0.6 is 11.6 Å². The molecule has 0 radical (unpaired) electrons. The van der Waals surface area contributed by atoms with Gasteiger partial charge in [0.1, 0.15) is 5.75 Å². The Hall–Kier alpha value is -0.770. The van der Waals surface area contributed by atoms with Gasteiger partial charge in [-0.15, -0.1) is 0 Å². The van der Waals surface area contributed by atoms with Crippen LogP contribution in [-0.4, -0.2) is 36.2 Å². The molecule has 0 spiro atoms. The lowest BCUT2D eigenvalue weighted by Gasteiger charge is -2.31. The van der Waals surface area contributed by atoms with Crippen LogP contribution in [0.3, 0.4) is 0 Å². The zero-order valence-corrected chi connectivity index (χ0v) is 12.3. The summed E-state index contributed by atoms with van der Waals surface area (Å²) in [6.07, 6.45) is 2.53. The standard InChI is InChI=1S/C15H23ClN2O/c1-2-18-7-5-12(6-8-18)10-17-11-13-9-14(16)3-4-15(13)19/h3-4,9,12,17,19H,2,5-8,10-11H2,1H3. The molecule has 106 valence electrons. The van der Waals surface area contributed by atoms with E-state index in [1.807, 2.05) is 6.07 Å². The molecule has 0 unspecified atom stereocenters. The minimum atomic E-state index is 0.317. The molecule has 0 aromatic heterocycles. The maximum atomic E-state index is 9.73. The summed E-state index contributed by atoms with van der Waals surface area (Å²) in [5, 5.41) is 13.8. The van der Waals surface area contributed by atoms with Crippen molar-refractivity contribution in [2.75, 3.05) is 26.2 Å². The first-order chi connectivity index (χ1) is 9.19. The van der Waals surface area contributed by atoms with Gasteiger partial charge in [0.15, 0.2) is 0 Å². The molecule has 1 aromatic rings. The monoisotopic (exact) mass is 282 g/mol. The molecule has 0 saturated carbocycles. The predicted octanol–water partition coefficient (Wildman–Crippen LogP) is 2.87. The Kier molecular flexibility index (Phi) is 5.49. The van der Waals surface area contributed by atoms with E-state index < -0.39 is 0 Å². The van der Waals surface area contributed by atoms with Crippen molar-refractivity contribution in [2.45, 2.75) is 26.3 Å². The lowest BCUT2D eigenvalue weighted by Crippen LogP contribution is -2.36. The summed E-state index contributed by atoms with van der Waals surface area (Å²) in [6, 6.07) is 5.18. The van der Waals surface area contributed by atoms with Gasteiger partial charge in [-0.25, -0.2) is 0 Å². The van der Waals surface area contributed by atoms with E-state index in [1.54, 1.807) is 12.1 Å². The van der Waals surface area contributed by atoms with Gasteiger partial charge < -0.3 is 15.3 Å². The summed E-state index contributed by atoms with van der Waals surface area (Å²) in [6.45, 7) is 7.51. The molecule has 1 saturated heterocycles. The van der Waals surface area contributed by atoms with Crippen LogP contribution in [0.25, 0.3) is 0 Å². The smallest absolute Gasteiger partial charge is 0.120 e. The third-order valence-corrected chi connectivity index (χ3v) is 4.18. The number of aromatic hydroxyl groups is 1. The van der Waals surface area contributed by atoms with E-state index in [4.69, 9.17) is 11.6 Å². The number of hydrogen-bond acceptors (Lipinski definition) is 3. The quantitative estimate of drug-likeness (QED) is 0.872. The third kappa shape index (κ3) is 4.37. The van der Waals surface area contributed by atoms with Crippen molar-refractivity contribution < 1.29 is 5.11 Å². The number of hydrogen-bond donors (Lipinski definition) is 2. The van der Waals surface area contributed by atoms with Crippen molar-refractivity contribution >= 4 is 11.6 Å². The molecule has 2 N–H and O–H groups in total. The van der Waals surface area contributed by atoms with E-state index in [0.717, 1.165) is 24.6 Å². The first kappa shape index (κ1) is 14.6. The molecule has 1 fully saturated rings. The normalized spacial score (nSPS) is 17.8. The van der Waals surface area contributed by atoms with Crippen LogP contribution in [0.4, 0.5) is 0 Å². The summed E-state index contributed by atoms with van der Waals surface area (Å²) in [5.74, 6) is 1.07. The maximum absolute atomic E-state index is 9.73. The van der Waals surface area contributed by atoms with Crippen molar-refractivity contribution in [3.05, 3.63) is 28.8 Å². The summed E-state index contributed by atoms with van der Waals surface area (Å²) >= 11 is 5.93. The average molecular weight is 283 g/mol. The molecule has 0 atom stereocenters. The van der Waals surface area contributed by atoms with Gasteiger partial charge in [-0.3, -0.25) is 0 Å². The Bertz CT molecular complexity index is 403. The number of piperidine rings is 1. The van der Waals surface area contributed by atoms with Crippen molar-refractivity contribution in [1.82, 2.24) is 10.2 Å². The molecule has 0 aliphatic carbocycles. The molecule has 2 rings (SSSR count).